The Morgan fingerprint density at radius 1 is 1.50 bits per heavy atom. The number of hydrogen-bond acceptors (Lipinski definition) is 2. The molecule has 1 nitrogen and oxygen atoms in total. The highest BCUT2D eigenvalue weighted by Crippen LogP contribution is 2.31. The predicted molar refractivity (Wildman–Crippen MR) is 61.5 cm³/mol. The van der Waals surface area contributed by atoms with E-state index in [1.165, 1.54) is 6.07 Å². The third kappa shape index (κ3) is 3.07. The Hall–Kier alpha value is -0.410. The maximum absolute atomic E-state index is 12.9. The summed E-state index contributed by atoms with van der Waals surface area (Å²) in [7, 11) is 0. The van der Waals surface area contributed by atoms with Crippen LogP contribution in [0.4, 0.5) is 10.1 Å². The lowest BCUT2D eigenvalue weighted by molar-refractivity contribution is 0.631. The molecule has 0 fully saturated rings. The monoisotopic (exact) mass is 233 g/mol. The SMILES string of the molecule is CCCCSc1cc(N)c(F)cc1Cl. The number of unbranched alkanes of at least 4 members (excludes halogenated alkanes) is 1. The van der Waals surface area contributed by atoms with Crippen LogP contribution in [0.1, 0.15) is 19.8 Å². The number of thioether (sulfide) groups is 1. The zero-order chi connectivity index (χ0) is 10.6. The maximum Gasteiger partial charge on any atom is 0.147 e. The maximum atomic E-state index is 12.9. The van der Waals surface area contributed by atoms with Gasteiger partial charge in [-0.25, -0.2) is 4.39 Å². The highest BCUT2D eigenvalue weighted by atomic mass is 35.5. The van der Waals surface area contributed by atoms with E-state index in [1.807, 2.05) is 0 Å². The van der Waals surface area contributed by atoms with Gasteiger partial charge in [-0.2, -0.15) is 0 Å². The molecule has 0 aromatic heterocycles. The van der Waals surface area contributed by atoms with Crippen molar-refractivity contribution in [1.82, 2.24) is 0 Å². The van der Waals surface area contributed by atoms with Crippen molar-refractivity contribution in [3.05, 3.63) is 23.0 Å². The van der Waals surface area contributed by atoms with Gasteiger partial charge in [-0.05, 0) is 24.3 Å². The van der Waals surface area contributed by atoms with E-state index in [9.17, 15) is 4.39 Å². The molecule has 0 aliphatic heterocycles. The summed E-state index contributed by atoms with van der Waals surface area (Å²) in [5.74, 6) is 0.538. The van der Waals surface area contributed by atoms with E-state index in [1.54, 1.807) is 17.8 Å². The fourth-order valence-corrected chi connectivity index (χ4v) is 2.36. The van der Waals surface area contributed by atoms with Crippen LogP contribution in [0.5, 0.6) is 0 Å². The van der Waals surface area contributed by atoms with Gasteiger partial charge >= 0.3 is 0 Å². The van der Waals surface area contributed by atoms with Crippen LogP contribution < -0.4 is 5.73 Å². The van der Waals surface area contributed by atoms with Crippen LogP contribution in [-0.4, -0.2) is 5.75 Å². The van der Waals surface area contributed by atoms with Crippen molar-refractivity contribution in [2.24, 2.45) is 0 Å². The van der Waals surface area contributed by atoms with Gasteiger partial charge < -0.3 is 5.73 Å². The molecule has 0 atom stereocenters. The van der Waals surface area contributed by atoms with Crippen LogP contribution in [-0.2, 0) is 0 Å². The Kier molecular flexibility index (Phi) is 4.55. The van der Waals surface area contributed by atoms with Crippen LogP contribution in [0.2, 0.25) is 5.02 Å². The zero-order valence-corrected chi connectivity index (χ0v) is 9.59. The van der Waals surface area contributed by atoms with Crippen molar-refractivity contribution in [1.29, 1.82) is 0 Å². The van der Waals surface area contributed by atoms with Gasteiger partial charge in [-0.1, -0.05) is 24.9 Å². The summed E-state index contributed by atoms with van der Waals surface area (Å²) < 4.78 is 12.9. The van der Waals surface area contributed by atoms with Gasteiger partial charge in [0.05, 0.1) is 10.7 Å². The highest BCUT2D eigenvalue weighted by Gasteiger charge is 2.06. The first kappa shape index (κ1) is 11.7. The molecule has 1 aromatic carbocycles. The van der Waals surface area contributed by atoms with Gasteiger partial charge in [0.15, 0.2) is 0 Å². The summed E-state index contributed by atoms with van der Waals surface area (Å²) in [6, 6.07) is 2.86. The normalized spacial score (nSPS) is 10.5. The minimum Gasteiger partial charge on any atom is -0.396 e. The topological polar surface area (TPSA) is 26.0 Å². The predicted octanol–water partition coefficient (Wildman–Crippen LogP) is 3.95. The summed E-state index contributed by atoms with van der Waals surface area (Å²) in [6.45, 7) is 2.13. The number of nitrogens with two attached hydrogens (primary N) is 1. The third-order valence-corrected chi connectivity index (χ3v) is 3.37. The Balaban J connectivity index is 2.72. The van der Waals surface area contributed by atoms with E-state index >= 15 is 0 Å². The number of anilines is 1. The molecule has 1 aromatic rings. The van der Waals surface area contributed by atoms with Crippen LogP contribution in [0, 0.1) is 5.82 Å². The lowest BCUT2D eigenvalue weighted by atomic mass is 10.3. The molecule has 0 aliphatic carbocycles. The first-order valence-corrected chi connectivity index (χ1v) is 5.88. The standard InChI is InChI=1S/C10H13ClFNS/c1-2-3-4-14-10-6-9(13)8(12)5-7(10)11/h5-6H,2-4,13H2,1H3. The average Bonchev–Trinajstić information content (AvgIpc) is 2.14. The molecule has 1 rings (SSSR count). The molecule has 0 unspecified atom stereocenters. The average molecular weight is 234 g/mol. The van der Waals surface area contributed by atoms with Gasteiger partial charge in [-0.3, -0.25) is 0 Å². The molecular weight excluding hydrogens is 221 g/mol. The van der Waals surface area contributed by atoms with Crippen molar-refractivity contribution in [3.63, 3.8) is 0 Å². The molecular formula is C10H13ClFNS. The van der Waals surface area contributed by atoms with E-state index in [4.69, 9.17) is 17.3 Å². The first-order chi connectivity index (χ1) is 6.65. The van der Waals surface area contributed by atoms with E-state index in [0.717, 1.165) is 23.5 Å². The molecule has 0 saturated heterocycles. The van der Waals surface area contributed by atoms with Crippen molar-refractivity contribution in [3.8, 4) is 0 Å². The van der Waals surface area contributed by atoms with Gasteiger partial charge in [0.1, 0.15) is 5.82 Å². The van der Waals surface area contributed by atoms with Gasteiger partial charge in [-0.15, -0.1) is 11.8 Å². The lowest BCUT2D eigenvalue weighted by Gasteiger charge is -2.05. The number of nitrogen functional groups attached to an aromatic ring is 1. The molecule has 0 amide bonds. The lowest BCUT2D eigenvalue weighted by Crippen LogP contribution is -1.91. The van der Waals surface area contributed by atoms with Crippen LogP contribution in [0.3, 0.4) is 0 Å². The second-order valence-electron chi connectivity index (χ2n) is 3.01. The largest absolute Gasteiger partial charge is 0.396 e. The quantitative estimate of drug-likeness (QED) is 0.484. The molecule has 4 heteroatoms. The van der Waals surface area contributed by atoms with Gasteiger partial charge in [0.2, 0.25) is 0 Å². The summed E-state index contributed by atoms with van der Waals surface area (Å²) in [5, 5.41) is 0.442. The van der Waals surface area contributed by atoms with Crippen LogP contribution >= 0.6 is 23.4 Å². The summed E-state index contributed by atoms with van der Waals surface area (Å²) >= 11 is 7.48. The van der Waals surface area contributed by atoms with Crippen molar-refractivity contribution in [2.45, 2.75) is 24.7 Å². The number of rotatable bonds is 4. The Bertz CT molecular complexity index is 317. The highest BCUT2D eigenvalue weighted by molar-refractivity contribution is 7.99. The fraction of sp³-hybridized carbons (Fsp3) is 0.400. The number of hydrogen-bond donors (Lipinski definition) is 1. The molecule has 78 valence electrons. The molecule has 0 radical (unpaired) electrons. The molecule has 0 bridgehead atoms. The molecule has 0 heterocycles. The van der Waals surface area contributed by atoms with E-state index < -0.39 is 5.82 Å². The second-order valence-corrected chi connectivity index (χ2v) is 4.55. The molecule has 2 N–H and O–H groups in total. The minimum atomic E-state index is -0.449. The number of benzene rings is 1. The van der Waals surface area contributed by atoms with Gasteiger partial charge in [0, 0.05) is 4.90 Å². The van der Waals surface area contributed by atoms with Crippen LogP contribution in [0.25, 0.3) is 0 Å². The Morgan fingerprint density at radius 3 is 2.86 bits per heavy atom. The summed E-state index contributed by atoms with van der Waals surface area (Å²) in [5.41, 5.74) is 5.61. The zero-order valence-electron chi connectivity index (χ0n) is 8.02. The van der Waals surface area contributed by atoms with E-state index in [-0.39, 0.29) is 5.69 Å². The van der Waals surface area contributed by atoms with Crippen LogP contribution in [0.15, 0.2) is 17.0 Å². The minimum absolute atomic E-state index is 0.161. The molecule has 0 aliphatic rings. The first-order valence-electron chi connectivity index (χ1n) is 4.52. The fourth-order valence-electron chi connectivity index (χ4n) is 0.982. The molecule has 0 saturated carbocycles. The Labute approximate surface area is 92.8 Å². The molecule has 0 spiro atoms. The van der Waals surface area contributed by atoms with Gasteiger partial charge in [0.25, 0.3) is 0 Å². The second kappa shape index (κ2) is 5.47. The summed E-state index contributed by atoms with van der Waals surface area (Å²) in [4.78, 5) is 0.860. The third-order valence-electron chi connectivity index (χ3n) is 1.81. The van der Waals surface area contributed by atoms with E-state index in [0.29, 0.717) is 5.02 Å². The van der Waals surface area contributed by atoms with Crippen molar-refractivity contribution >= 4 is 29.1 Å². The smallest absolute Gasteiger partial charge is 0.147 e. The number of halogens is 2. The van der Waals surface area contributed by atoms with Crippen molar-refractivity contribution < 1.29 is 4.39 Å². The Morgan fingerprint density at radius 2 is 2.21 bits per heavy atom. The summed E-state index contributed by atoms with van der Waals surface area (Å²) in [6.07, 6.45) is 2.26. The van der Waals surface area contributed by atoms with E-state index in [2.05, 4.69) is 6.92 Å². The van der Waals surface area contributed by atoms with Crippen molar-refractivity contribution in [2.75, 3.05) is 11.5 Å². The molecule has 14 heavy (non-hydrogen) atoms.